The minimum atomic E-state index is -4.97. The number of nitrogens with two attached hydrogens (primary N) is 1. The normalized spacial score (nSPS) is 17.0. The van der Waals surface area contributed by atoms with Gasteiger partial charge in [-0.05, 0) is 47.7 Å². The third-order valence-electron chi connectivity index (χ3n) is 6.74. The van der Waals surface area contributed by atoms with Gasteiger partial charge in [-0.15, -0.1) is 13.2 Å². The van der Waals surface area contributed by atoms with E-state index in [2.05, 4.69) is 20.4 Å². The van der Waals surface area contributed by atoms with Crippen molar-refractivity contribution in [2.75, 3.05) is 32.7 Å². The van der Waals surface area contributed by atoms with E-state index in [1.54, 1.807) is 31.2 Å². The summed E-state index contributed by atoms with van der Waals surface area (Å²) in [6.45, 7) is 4.82. The number of benzene rings is 2. The standard InChI is InChI=1S/C28H37F4N7O5S/c1-4-24(29)21-7-5-20(6-8-21)16-34-27(41)25-17-37(26(40)18-39(33)36-35-15-19(2)3)13-14-38(25)45(42,43)23-11-9-22(10-12-23)44-28(30,31)32/h5-12,19,24-25H,4,13-18,33H2,1-3H3,(H,34,41)/t24?,25-/m1/s1. The van der Waals surface area contributed by atoms with Gasteiger partial charge < -0.3 is 15.0 Å². The van der Waals surface area contributed by atoms with E-state index in [0.717, 1.165) is 33.7 Å². The first-order valence-electron chi connectivity index (χ1n) is 14.2. The third-order valence-corrected chi connectivity index (χ3v) is 8.66. The number of ether oxygens (including phenoxy) is 1. The molecule has 1 unspecified atom stereocenters. The summed E-state index contributed by atoms with van der Waals surface area (Å²) in [4.78, 5) is 27.4. The number of carbonyl (C=O) groups is 2. The van der Waals surface area contributed by atoms with E-state index in [1.165, 1.54) is 4.90 Å². The zero-order valence-electron chi connectivity index (χ0n) is 25.1. The molecule has 45 heavy (non-hydrogen) atoms. The van der Waals surface area contributed by atoms with Gasteiger partial charge in [-0.1, -0.05) is 50.3 Å². The molecule has 1 heterocycles. The van der Waals surface area contributed by atoms with Crippen molar-refractivity contribution in [1.82, 2.24) is 19.6 Å². The van der Waals surface area contributed by atoms with Crippen LogP contribution in [0.5, 0.6) is 5.75 Å². The van der Waals surface area contributed by atoms with Gasteiger partial charge >= 0.3 is 6.36 Å². The Morgan fingerprint density at radius 2 is 1.76 bits per heavy atom. The molecule has 1 aliphatic rings. The van der Waals surface area contributed by atoms with E-state index in [-0.39, 0.29) is 43.5 Å². The number of halogens is 4. The van der Waals surface area contributed by atoms with Gasteiger partial charge in [0.15, 0.2) is 0 Å². The lowest BCUT2D eigenvalue weighted by Gasteiger charge is -2.39. The maximum atomic E-state index is 14.0. The van der Waals surface area contributed by atoms with Crippen LogP contribution in [0.15, 0.2) is 63.8 Å². The SMILES string of the molecule is CCC(F)c1ccc(CNC(=O)[C@H]2CN(C(=O)CN(N)N=NCC(C)C)CCN2S(=O)(=O)c2ccc(OC(F)(F)F)cc2)cc1. The molecule has 248 valence electrons. The minimum absolute atomic E-state index is 0.0170. The molecule has 12 nitrogen and oxygen atoms in total. The highest BCUT2D eigenvalue weighted by atomic mass is 32.2. The van der Waals surface area contributed by atoms with Crippen LogP contribution in [0, 0.1) is 5.92 Å². The van der Waals surface area contributed by atoms with Crippen molar-refractivity contribution in [3.8, 4) is 5.75 Å². The first-order chi connectivity index (χ1) is 21.1. The molecule has 0 aromatic heterocycles. The molecule has 2 atom stereocenters. The van der Waals surface area contributed by atoms with Crippen molar-refractivity contribution < 1.29 is 40.3 Å². The predicted molar refractivity (Wildman–Crippen MR) is 155 cm³/mol. The van der Waals surface area contributed by atoms with Crippen molar-refractivity contribution in [1.29, 1.82) is 0 Å². The molecule has 2 amide bonds. The molecule has 1 fully saturated rings. The molecular weight excluding hydrogens is 622 g/mol. The molecular formula is C28H37F4N7O5S. The first kappa shape index (κ1) is 35.6. The number of hydrogen-bond donors (Lipinski definition) is 2. The number of carbonyl (C=O) groups excluding carboxylic acids is 2. The Labute approximate surface area is 259 Å². The summed E-state index contributed by atoms with van der Waals surface area (Å²) in [6, 6.07) is 8.64. The Kier molecular flexibility index (Phi) is 12.2. The summed E-state index contributed by atoms with van der Waals surface area (Å²) in [7, 11) is -4.42. The van der Waals surface area contributed by atoms with Crippen LogP contribution in [0.25, 0.3) is 0 Å². The molecule has 0 aliphatic carbocycles. The summed E-state index contributed by atoms with van der Waals surface area (Å²) in [5.74, 6) is 4.11. The molecule has 2 aromatic carbocycles. The summed E-state index contributed by atoms with van der Waals surface area (Å²) in [6.07, 6.45) is -5.79. The van der Waals surface area contributed by atoms with E-state index in [1.807, 2.05) is 13.8 Å². The van der Waals surface area contributed by atoms with E-state index in [0.29, 0.717) is 24.1 Å². The van der Waals surface area contributed by atoms with E-state index >= 15 is 0 Å². The summed E-state index contributed by atoms with van der Waals surface area (Å²) < 4.78 is 83.7. The maximum Gasteiger partial charge on any atom is 0.573 e. The highest BCUT2D eigenvalue weighted by molar-refractivity contribution is 7.89. The van der Waals surface area contributed by atoms with Crippen LogP contribution in [0.4, 0.5) is 17.6 Å². The van der Waals surface area contributed by atoms with Gasteiger partial charge in [-0.2, -0.15) is 9.42 Å². The molecule has 1 aliphatic heterocycles. The van der Waals surface area contributed by atoms with Gasteiger partial charge in [-0.3, -0.25) is 9.59 Å². The quantitative estimate of drug-likeness (QED) is 0.144. The van der Waals surface area contributed by atoms with Gasteiger partial charge in [0.2, 0.25) is 21.8 Å². The van der Waals surface area contributed by atoms with Crippen LogP contribution in [-0.2, 0) is 26.2 Å². The summed E-state index contributed by atoms with van der Waals surface area (Å²) >= 11 is 0. The fourth-order valence-corrected chi connectivity index (χ4v) is 5.95. The van der Waals surface area contributed by atoms with Crippen molar-refractivity contribution in [3.05, 3.63) is 59.7 Å². The average molecular weight is 660 g/mol. The lowest BCUT2D eigenvalue weighted by Crippen LogP contribution is -2.62. The van der Waals surface area contributed by atoms with Gasteiger partial charge in [0.1, 0.15) is 24.5 Å². The fourth-order valence-electron chi connectivity index (χ4n) is 4.38. The Morgan fingerprint density at radius 3 is 2.33 bits per heavy atom. The Balaban J connectivity index is 1.80. The molecule has 0 saturated carbocycles. The molecule has 17 heteroatoms. The van der Waals surface area contributed by atoms with Crippen LogP contribution >= 0.6 is 0 Å². The van der Waals surface area contributed by atoms with Gasteiger partial charge in [0.25, 0.3) is 0 Å². The predicted octanol–water partition coefficient (Wildman–Crippen LogP) is 3.72. The number of sulfonamides is 1. The van der Waals surface area contributed by atoms with Crippen LogP contribution in [0.3, 0.4) is 0 Å². The number of alkyl halides is 4. The van der Waals surface area contributed by atoms with Crippen LogP contribution in [0.1, 0.15) is 44.5 Å². The number of hydrazine groups is 1. The Bertz CT molecular complexity index is 1420. The number of hydrogen-bond acceptors (Lipinski definition) is 8. The third kappa shape index (κ3) is 10.4. The summed E-state index contributed by atoms with van der Waals surface area (Å²) in [5.41, 5.74) is 1.11. The van der Waals surface area contributed by atoms with E-state index < -0.39 is 46.2 Å². The molecule has 0 spiro atoms. The summed E-state index contributed by atoms with van der Waals surface area (Å²) in [5, 5.41) is 11.2. The lowest BCUT2D eigenvalue weighted by atomic mass is 10.1. The highest BCUT2D eigenvalue weighted by Gasteiger charge is 2.41. The molecule has 0 radical (unpaired) electrons. The topological polar surface area (TPSA) is 150 Å². The number of piperazine rings is 1. The van der Waals surface area contributed by atoms with E-state index in [4.69, 9.17) is 5.84 Å². The smallest absolute Gasteiger partial charge is 0.406 e. The average Bonchev–Trinajstić information content (AvgIpc) is 2.98. The van der Waals surface area contributed by atoms with Gasteiger partial charge in [-0.25, -0.2) is 23.8 Å². The van der Waals surface area contributed by atoms with E-state index in [9.17, 15) is 35.6 Å². The minimum Gasteiger partial charge on any atom is -0.406 e. The second-order valence-corrected chi connectivity index (χ2v) is 12.6. The first-order valence-corrected chi connectivity index (χ1v) is 15.6. The van der Waals surface area contributed by atoms with Crippen molar-refractivity contribution in [3.63, 3.8) is 0 Å². The largest absolute Gasteiger partial charge is 0.573 e. The fraction of sp³-hybridized carbons (Fsp3) is 0.500. The van der Waals surface area contributed by atoms with Crippen LogP contribution < -0.4 is 15.9 Å². The molecule has 3 rings (SSSR count). The number of nitrogens with zero attached hydrogens (tertiary/aromatic N) is 5. The Hall–Kier alpha value is -3.83. The highest BCUT2D eigenvalue weighted by Crippen LogP contribution is 2.27. The van der Waals surface area contributed by atoms with Crippen molar-refractivity contribution in [2.24, 2.45) is 22.1 Å². The molecule has 0 bridgehead atoms. The number of amides is 2. The lowest BCUT2D eigenvalue weighted by molar-refractivity contribution is -0.274. The number of nitrogens with one attached hydrogen (secondary N) is 1. The molecule has 2 aromatic rings. The van der Waals surface area contributed by atoms with Crippen molar-refractivity contribution in [2.45, 2.75) is 57.2 Å². The van der Waals surface area contributed by atoms with Crippen LogP contribution in [0.2, 0.25) is 0 Å². The van der Waals surface area contributed by atoms with Gasteiger partial charge in [0.05, 0.1) is 11.4 Å². The Morgan fingerprint density at radius 1 is 1.11 bits per heavy atom. The second-order valence-electron chi connectivity index (χ2n) is 10.7. The second kappa shape index (κ2) is 15.4. The number of rotatable bonds is 13. The van der Waals surface area contributed by atoms with Crippen molar-refractivity contribution >= 4 is 21.8 Å². The monoisotopic (exact) mass is 659 g/mol. The maximum absolute atomic E-state index is 14.0. The zero-order valence-corrected chi connectivity index (χ0v) is 25.9. The zero-order chi connectivity index (χ0) is 33.4. The van der Waals surface area contributed by atoms with Gasteiger partial charge in [0, 0.05) is 26.2 Å². The van der Waals surface area contributed by atoms with Crippen LogP contribution in [-0.4, -0.2) is 79.7 Å². The molecule has 1 saturated heterocycles. The molecule has 3 N–H and O–H groups in total.